The average Bonchev–Trinajstić information content (AvgIpc) is 2.94. The fraction of sp³-hybridized carbons (Fsp3) is 0.438. The van der Waals surface area contributed by atoms with Crippen LogP contribution in [0.3, 0.4) is 0 Å². The molecule has 5 heteroatoms. The first kappa shape index (κ1) is 15.2. The summed E-state index contributed by atoms with van der Waals surface area (Å²) < 4.78 is 7.05. The van der Waals surface area contributed by atoms with Crippen LogP contribution in [0.1, 0.15) is 43.1 Å². The molecule has 0 unspecified atom stereocenters. The SMILES string of the molecule is CCCCCCn1nnc(C=O)c1-c1cccc(OC)c1. The quantitative estimate of drug-likeness (QED) is 0.552. The van der Waals surface area contributed by atoms with Gasteiger partial charge in [-0.1, -0.05) is 43.5 Å². The minimum absolute atomic E-state index is 0.374. The molecule has 0 fully saturated rings. The average molecular weight is 287 g/mol. The van der Waals surface area contributed by atoms with Crippen LogP contribution in [-0.4, -0.2) is 28.4 Å². The van der Waals surface area contributed by atoms with Crippen molar-refractivity contribution >= 4 is 6.29 Å². The number of hydrogen-bond donors (Lipinski definition) is 0. The van der Waals surface area contributed by atoms with E-state index in [0.29, 0.717) is 5.69 Å². The lowest BCUT2D eigenvalue weighted by Gasteiger charge is -2.08. The van der Waals surface area contributed by atoms with E-state index in [4.69, 9.17) is 4.74 Å². The number of unbranched alkanes of at least 4 members (excludes halogenated alkanes) is 3. The maximum Gasteiger partial charge on any atom is 0.172 e. The number of carbonyl (C=O) groups is 1. The van der Waals surface area contributed by atoms with Gasteiger partial charge in [-0.05, 0) is 18.6 Å². The summed E-state index contributed by atoms with van der Waals surface area (Å²) in [4.78, 5) is 11.2. The van der Waals surface area contributed by atoms with Crippen molar-refractivity contribution in [2.45, 2.75) is 39.2 Å². The number of nitrogens with zero attached hydrogens (tertiary/aromatic N) is 3. The van der Waals surface area contributed by atoms with Crippen LogP contribution in [-0.2, 0) is 6.54 Å². The molecule has 2 aromatic rings. The number of methoxy groups -OCH3 is 1. The van der Waals surface area contributed by atoms with Gasteiger partial charge in [-0.25, -0.2) is 4.68 Å². The van der Waals surface area contributed by atoms with Crippen molar-refractivity contribution in [1.29, 1.82) is 0 Å². The first-order valence-corrected chi connectivity index (χ1v) is 7.33. The van der Waals surface area contributed by atoms with E-state index in [-0.39, 0.29) is 0 Å². The highest BCUT2D eigenvalue weighted by Gasteiger charge is 2.14. The van der Waals surface area contributed by atoms with Crippen LogP contribution in [0.5, 0.6) is 5.75 Å². The Hall–Kier alpha value is -2.17. The molecule has 0 N–H and O–H groups in total. The Kier molecular flexibility index (Phi) is 5.49. The van der Waals surface area contributed by atoms with Crippen LogP contribution in [0.2, 0.25) is 0 Å². The van der Waals surface area contributed by atoms with Gasteiger partial charge >= 0.3 is 0 Å². The van der Waals surface area contributed by atoms with Crippen molar-refractivity contribution in [2.24, 2.45) is 0 Å². The van der Waals surface area contributed by atoms with E-state index < -0.39 is 0 Å². The number of aldehydes is 1. The van der Waals surface area contributed by atoms with E-state index in [1.165, 1.54) is 12.8 Å². The van der Waals surface area contributed by atoms with Crippen molar-refractivity contribution in [3.63, 3.8) is 0 Å². The second kappa shape index (κ2) is 7.57. The lowest BCUT2D eigenvalue weighted by atomic mass is 10.1. The lowest BCUT2D eigenvalue weighted by Crippen LogP contribution is -2.03. The number of aromatic nitrogens is 3. The van der Waals surface area contributed by atoms with Gasteiger partial charge in [0, 0.05) is 12.1 Å². The van der Waals surface area contributed by atoms with Crippen molar-refractivity contribution in [3.05, 3.63) is 30.0 Å². The summed E-state index contributed by atoms with van der Waals surface area (Å²) in [6.45, 7) is 2.95. The van der Waals surface area contributed by atoms with Gasteiger partial charge < -0.3 is 4.74 Å². The van der Waals surface area contributed by atoms with Gasteiger partial charge in [-0.3, -0.25) is 4.79 Å². The summed E-state index contributed by atoms with van der Waals surface area (Å²) in [5, 5.41) is 8.08. The van der Waals surface area contributed by atoms with Gasteiger partial charge in [-0.2, -0.15) is 0 Å². The molecule has 0 aliphatic heterocycles. The predicted octanol–water partition coefficient (Wildman–Crippen LogP) is 3.35. The molecular formula is C16H21N3O2. The van der Waals surface area contributed by atoms with Crippen LogP contribution in [0.15, 0.2) is 24.3 Å². The Morgan fingerprint density at radius 3 is 2.86 bits per heavy atom. The third kappa shape index (κ3) is 3.68. The minimum atomic E-state index is 0.374. The molecule has 0 saturated heterocycles. The maximum absolute atomic E-state index is 11.2. The Morgan fingerprint density at radius 2 is 2.14 bits per heavy atom. The number of hydrogen-bond acceptors (Lipinski definition) is 4. The largest absolute Gasteiger partial charge is 0.497 e. The summed E-state index contributed by atoms with van der Waals surface area (Å²) in [5.41, 5.74) is 2.04. The second-order valence-electron chi connectivity index (χ2n) is 4.96. The Balaban J connectivity index is 2.27. The second-order valence-corrected chi connectivity index (χ2v) is 4.96. The third-order valence-electron chi connectivity index (χ3n) is 3.44. The molecule has 0 saturated carbocycles. The van der Waals surface area contributed by atoms with Crippen molar-refractivity contribution in [1.82, 2.24) is 15.0 Å². The topological polar surface area (TPSA) is 57.0 Å². The first-order valence-electron chi connectivity index (χ1n) is 7.33. The number of benzene rings is 1. The van der Waals surface area contributed by atoms with Crippen molar-refractivity contribution < 1.29 is 9.53 Å². The van der Waals surface area contributed by atoms with Gasteiger partial charge in [0.25, 0.3) is 0 Å². The molecule has 0 aliphatic rings. The van der Waals surface area contributed by atoms with Gasteiger partial charge in [0.15, 0.2) is 12.0 Å². The smallest absolute Gasteiger partial charge is 0.172 e. The van der Waals surface area contributed by atoms with E-state index in [1.807, 2.05) is 28.9 Å². The number of carbonyl (C=O) groups excluding carboxylic acids is 1. The zero-order valence-electron chi connectivity index (χ0n) is 12.6. The Morgan fingerprint density at radius 1 is 1.29 bits per heavy atom. The molecule has 1 aromatic carbocycles. The number of aryl methyl sites for hydroxylation is 1. The van der Waals surface area contributed by atoms with E-state index in [1.54, 1.807) is 7.11 Å². The molecule has 1 heterocycles. The Bertz CT molecular complexity index is 593. The summed E-state index contributed by atoms with van der Waals surface area (Å²) >= 11 is 0. The van der Waals surface area contributed by atoms with Gasteiger partial charge in [-0.15, -0.1) is 5.10 Å². The van der Waals surface area contributed by atoms with Gasteiger partial charge in [0.1, 0.15) is 5.75 Å². The lowest BCUT2D eigenvalue weighted by molar-refractivity contribution is 0.111. The third-order valence-corrected chi connectivity index (χ3v) is 3.44. The maximum atomic E-state index is 11.2. The highest BCUT2D eigenvalue weighted by atomic mass is 16.5. The van der Waals surface area contributed by atoms with Crippen molar-refractivity contribution in [3.8, 4) is 17.0 Å². The molecule has 2 rings (SSSR count). The monoisotopic (exact) mass is 287 g/mol. The molecule has 1 aromatic heterocycles. The zero-order chi connectivity index (χ0) is 15.1. The predicted molar refractivity (Wildman–Crippen MR) is 81.5 cm³/mol. The summed E-state index contributed by atoms with van der Waals surface area (Å²) in [7, 11) is 1.63. The highest BCUT2D eigenvalue weighted by molar-refractivity contribution is 5.83. The van der Waals surface area contributed by atoms with Crippen LogP contribution in [0.4, 0.5) is 0 Å². The van der Waals surface area contributed by atoms with Crippen molar-refractivity contribution in [2.75, 3.05) is 7.11 Å². The number of ether oxygens (including phenoxy) is 1. The summed E-state index contributed by atoms with van der Waals surface area (Å²) in [6, 6.07) is 7.61. The Labute approximate surface area is 124 Å². The number of rotatable bonds is 8. The molecule has 0 aliphatic carbocycles. The molecule has 112 valence electrons. The minimum Gasteiger partial charge on any atom is -0.497 e. The standard InChI is InChI=1S/C16H21N3O2/c1-3-4-5-6-10-19-16(15(12-20)17-18-19)13-8-7-9-14(11-13)21-2/h7-9,11-12H,3-6,10H2,1-2H3. The molecule has 5 nitrogen and oxygen atoms in total. The van der Waals surface area contributed by atoms with Crippen LogP contribution >= 0.6 is 0 Å². The normalized spacial score (nSPS) is 10.6. The van der Waals surface area contributed by atoms with Crippen LogP contribution in [0, 0.1) is 0 Å². The van der Waals surface area contributed by atoms with Crippen LogP contribution in [0.25, 0.3) is 11.3 Å². The van der Waals surface area contributed by atoms with Gasteiger partial charge in [0.05, 0.1) is 12.8 Å². The van der Waals surface area contributed by atoms with Crippen LogP contribution < -0.4 is 4.74 Å². The molecule has 0 amide bonds. The van der Waals surface area contributed by atoms with E-state index in [0.717, 1.165) is 42.7 Å². The molecule has 21 heavy (non-hydrogen) atoms. The van der Waals surface area contributed by atoms with E-state index in [9.17, 15) is 4.79 Å². The molecule has 0 spiro atoms. The highest BCUT2D eigenvalue weighted by Crippen LogP contribution is 2.25. The molecule has 0 atom stereocenters. The van der Waals surface area contributed by atoms with E-state index >= 15 is 0 Å². The fourth-order valence-electron chi connectivity index (χ4n) is 2.32. The van der Waals surface area contributed by atoms with Gasteiger partial charge in [0.2, 0.25) is 0 Å². The van der Waals surface area contributed by atoms with E-state index in [2.05, 4.69) is 17.2 Å². The summed E-state index contributed by atoms with van der Waals surface area (Å²) in [6.07, 6.45) is 5.35. The molecular weight excluding hydrogens is 266 g/mol. The fourth-order valence-corrected chi connectivity index (χ4v) is 2.32. The zero-order valence-corrected chi connectivity index (χ0v) is 12.6. The first-order chi connectivity index (χ1) is 10.3. The molecule has 0 radical (unpaired) electrons. The molecule has 0 bridgehead atoms. The summed E-state index contributed by atoms with van der Waals surface area (Å²) in [5.74, 6) is 0.753.